The first-order valence-electron chi connectivity index (χ1n) is 16.2. The minimum atomic E-state index is -3.98. The van der Waals surface area contributed by atoms with Crippen molar-refractivity contribution in [3.8, 4) is 0 Å². The molecule has 6 rings (SSSR count). The maximum atomic E-state index is 14.0. The molecule has 1 atom stereocenters. The molecule has 2 saturated heterocycles. The maximum absolute atomic E-state index is 14.0. The number of likely N-dealkylation sites (tertiary alicyclic amines) is 1. The van der Waals surface area contributed by atoms with Crippen molar-refractivity contribution in [3.63, 3.8) is 0 Å². The highest BCUT2D eigenvalue weighted by Crippen LogP contribution is 2.41. The number of hydrogen-bond acceptors (Lipinski definition) is 7. The smallest absolute Gasteiger partial charge is 0.332 e. The zero-order valence-electron chi connectivity index (χ0n) is 26.3. The molecule has 1 unspecified atom stereocenters. The predicted molar refractivity (Wildman–Crippen MR) is 182 cm³/mol. The summed E-state index contributed by atoms with van der Waals surface area (Å²) in [5.41, 5.74) is 3.84. The van der Waals surface area contributed by atoms with Crippen LogP contribution in [0.2, 0.25) is 10.0 Å². The number of rotatable bonds is 10. The Bertz CT molecular complexity index is 1550. The minimum Gasteiger partial charge on any atom is -0.365 e. The van der Waals surface area contributed by atoms with Crippen molar-refractivity contribution in [2.45, 2.75) is 57.2 Å². The molecule has 46 heavy (non-hydrogen) atoms. The van der Waals surface area contributed by atoms with Crippen molar-refractivity contribution >= 4 is 56.7 Å². The zero-order chi connectivity index (χ0) is 32.4. The molecule has 2 N–H and O–H groups in total. The van der Waals surface area contributed by atoms with Crippen LogP contribution in [-0.2, 0) is 28.0 Å². The first-order chi connectivity index (χ1) is 22.1. The molecule has 0 radical (unpaired) electrons. The molecule has 0 spiro atoms. The van der Waals surface area contributed by atoms with Crippen LogP contribution in [0.3, 0.4) is 0 Å². The molecular weight excluding hydrogens is 649 g/mol. The number of hydrogen-bond donors (Lipinski definition) is 2. The second-order valence-corrected chi connectivity index (χ2v) is 15.1. The van der Waals surface area contributed by atoms with Gasteiger partial charge in [-0.05, 0) is 87.5 Å². The van der Waals surface area contributed by atoms with E-state index in [2.05, 4.69) is 36.3 Å². The summed E-state index contributed by atoms with van der Waals surface area (Å²) in [6.45, 7) is 5.37. The third kappa shape index (κ3) is 7.74. The minimum absolute atomic E-state index is 0.136. The summed E-state index contributed by atoms with van der Waals surface area (Å²) in [6.07, 6.45) is 5.16. The number of urea groups is 1. The number of amides is 3. The van der Waals surface area contributed by atoms with E-state index in [1.807, 2.05) is 36.2 Å². The maximum Gasteiger partial charge on any atom is 0.332 e. The number of likely N-dealkylation sites (N-methyl/N-ethyl adjacent to an activating group) is 1. The van der Waals surface area contributed by atoms with E-state index in [0.29, 0.717) is 68.2 Å². The van der Waals surface area contributed by atoms with Crippen LogP contribution in [-0.4, -0.2) is 107 Å². The van der Waals surface area contributed by atoms with Gasteiger partial charge < -0.3 is 19.6 Å². The second-order valence-electron chi connectivity index (χ2n) is 12.8. The number of benzene rings is 2. The molecule has 3 heterocycles. The first-order valence-corrected chi connectivity index (χ1v) is 18.5. The zero-order valence-corrected chi connectivity index (χ0v) is 28.6. The Kier molecular flexibility index (Phi) is 10.3. The van der Waals surface area contributed by atoms with Gasteiger partial charge in [-0.25, -0.2) is 9.52 Å². The number of nitrogens with zero attached hydrogens (tertiary/aromatic N) is 5. The average Bonchev–Trinajstić information content (AvgIpc) is 3.78. The van der Waals surface area contributed by atoms with Crippen LogP contribution >= 0.6 is 23.2 Å². The predicted octanol–water partition coefficient (Wildman–Crippen LogP) is 3.70. The van der Waals surface area contributed by atoms with Crippen molar-refractivity contribution < 1.29 is 18.0 Å². The highest BCUT2D eigenvalue weighted by molar-refractivity contribution is 7.88. The lowest BCUT2D eigenvalue weighted by molar-refractivity contribution is -0.123. The Morgan fingerprint density at radius 2 is 1.59 bits per heavy atom. The molecule has 250 valence electrons. The van der Waals surface area contributed by atoms with Crippen LogP contribution in [0.1, 0.15) is 43.2 Å². The fourth-order valence-corrected chi connectivity index (χ4v) is 8.10. The molecule has 0 bridgehead atoms. The van der Waals surface area contributed by atoms with E-state index in [1.54, 1.807) is 0 Å². The average molecular weight is 693 g/mol. The summed E-state index contributed by atoms with van der Waals surface area (Å²) in [7, 11) is -2.02. The van der Waals surface area contributed by atoms with Gasteiger partial charge >= 0.3 is 16.2 Å². The molecule has 3 aliphatic heterocycles. The quantitative estimate of drug-likeness (QED) is 0.366. The van der Waals surface area contributed by atoms with E-state index in [-0.39, 0.29) is 18.5 Å². The molecule has 11 nitrogen and oxygen atoms in total. The molecule has 2 aromatic rings. The van der Waals surface area contributed by atoms with Crippen molar-refractivity contribution in [2.24, 2.45) is 0 Å². The number of nitrogens with one attached hydrogen (secondary N) is 2. The first kappa shape index (κ1) is 33.3. The van der Waals surface area contributed by atoms with Gasteiger partial charge in [-0.15, -0.1) is 0 Å². The number of halogens is 2. The fourth-order valence-electron chi connectivity index (χ4n) is 6.72. The van der Waals surface area contributed by atoms with E-state index < -0.39 is 16.2 Å². The highest BCUT2D eigenvalue weighted by atomic mass is 35.5. The monoisotopic (exact) mass is 691 g/mol. The Morgan fingerprint density at radius 1 is 0.891 bits per heavy atom. The van der Waals surface area contributed by atoms with Crippen LogP contribution in [0.5, 0.6) is 0 Å². The van der Waals surface area contributed by atoms with Gasteiger partial charge in [-0.2, -0.15) is 13.1 Å². The number of aryl methyl sites for hydroxylation is 1. The third-order valence-corrected chi connectivity index (χ3v) is 11.2. The second kappa shape index (κ2) is 14.2. The number of para-hydroxylation sites is 2. The summed E-state index contributed by atoms with van der Waals surface area (Å²) >= 11 is 13.4. The molecule has 1 saturated carbocycles. The molecule has 0 aromatic heterocycles. The van der Waals surface area contributed by atoms with Gasteiger partial charge in [0, 0.05) is 68.4 Å². The molecular formula is C32H43Cl2N7O4S. The van der Waals surface area contributed by atoms with Gasteiger partial charge in [0.1, 0.15) is 0 Å². The summed E-state index contributed by atoms with van der Waals surface area (Å²) in [5.74, 6) is 0.140. The third-order valence-electron chi connectivity index (χ3n) is 9.46. The van der Waals surface area contributed by atoms with E-state index in [4.69, 9.17) is 23.2 Å². The van der Waals surface area contributed by atoms with Crippen LogP contribution in [0.4, 0.5) is 16.2 Å². The summed E-state index contributed by atoms with van der Waals surface area (Å²) in [4.78, 5) is 36.5. The molecule has 2 aromatic carbocycles. The Morgan fingerprint density at radius 3 is 2.33 bits per heavy atom. The van der Waals surface area contributed by atoms with Crippen molar-refractivity contribution in [2.75, 3.05) is 69.2 Å². The normalized spacial score (nSPS) is 21.0. The molecule has 4 aliphatic rings. The van der Waals surface area contributed by atoms with E-state index in [1.165, 1.54) is 17.7 Å². The van der Waals surface area contributed by atoms with Crippen LogP contribution in [0, 0.1) is 0 Å². The lowest BCUT2D eigenvalue weighted by atomic mass is 10.1. The number of piperazine rings is 1. The Balaban J connectivity index is 1.02. The van der Waals surface area contributed by atoms with Crippen LogP contribution < -0.4 is 19.2 Å². The van der Waals surface area contributed by atoms with Gasteiger partial charge in [-0.3, -0.25) is 9.69 Å². The Labute approximate surface area is 281 Å². The summed E-state index contributed by atoms with van der Waals surface area (Å²) in [5, 5.41) is 1.12. The van der Waals surface area contributed by atoms with E-state index in [0.717, 1.165) is 48.4 Å². The van der Waals surface area contributed by atoms with Crippen molar-refractivity contribution in [1.29, 1.82) is 0 Å². The lowest BCUT2D eigenvalue weighted by Gasteiger charge is -2.40. The molecule has 14 heteroatoms. The Hall–Kier alpha value is -2.61. The molecule has 3 amide bonds. The number of carbonyl (C=O) groups is 2. The molecule has 1 aliphatic carbocycles. The van der Waals surface area contributed by atoms with E-state index in [9.17, 15) is 18.0 Å². The van der Waals surface area contributed by atoms with Crippen molar-refractivity contribution in [1.82, 2.24) is 24.1 Å². The number of carbonyl (C=O) groups excluding carboxylic acids is 2. The SMILES string of the molecule is CN1CCN(C(=O)NS(=O)(=O)NCCCc2cc(Cl)c(CN3CCCC3C(=O)N3CCN(C4CC4)c4ccccc43)cc2Cl)CC1. The highest BCUT2D eigenvalue weighted by Gasteiger charge is 2.39. The fraction of sp³-hybridized carbons (Fsp3) is 0.562. The van der Waals surface area contributed by atoms with Gasteiger partial charge in [0.05, 0.1) is 17.4 Å². The van der Waals surface area contributed by atoms with Crippen molar-refractivity contribution in [3.05, 3.63) is 57.6 Å². The lowest BCUT2D eigenvalue weighted by Crippen LogP contribution is -2.53. The van der Waals surface area contributed by atoms with Crippen LogP contribution in [0.25, 0.3) is 0 Å². The summed E-state index contributed by atoms with van der Waals surface area (Å²) < 4.78 is 29.4. The van der Waals surface area contributed by atoms with Crippen LogP contribution in [0.15, 0.2) is 36.4 Å². The van der Waals surface area contributed by atoms with Gasteiger partial charge in [0.2, 0.25) is 5.91 Å². The topological polar surface area (TPSA) is 109 Å². The largest absolute Gasteiger partial charge is 0.365 e. The van der Waals surface area contributed by atoms with Gasteiger partial charge in [0.15, 0.2) is 0 Å². The van der Waals surface area contributed by atoms with Gasteiger partial charge in [0.25, 0.3) is 0 Å². The molecule has 3 fully saturated rings. The number of anilines is 2. The standard InChI is InChI=1S/C32H43Cl2N7O4S/c1-37-14-16-38(17-15-37)32(43)36-46(44,45)35-12-4-6-23-20-27(34)24(21-26(23)33)22-39-13-5-9-30(39)31(42)41-19-18-40(25-10-11-25)28-7-2-3-8-29(28)41/h2-3,7-8,20-21,25,30,35H,4-6,9-19,22H2,1H3,(H,36,43). The number of fused-ring (bicyclic) bond motifs is 1. The summed E-state index contributed by atoms with van der Waals surface area (Å²) in [6, 6.07) is 11.7. The van der Waals surface area contributed by atoms with E-state index >= 15 is 0 Å². The van der Waals surface area contributed by atoms with Gasteiger partial charge in [-0.1, -0.05) is 35.3 Å².